The quantitative estimate of drug-likeness (QED) is 0.658. The number of hydrogen-bond donors (Lipinski definition) is 1. The summed E-state index contributed by atoms with van der Waals surface area (Å²) in [7, 11) is 4.72. The predicted molar refractivity (Wildman–Crippen MR) is 91.2 cm³/mol. The van der Waals surface area contributed by atoms with E-state index < -0.39 is 18.0 Å². The summed E-state index contributed by atoms with van der Waals surface area (Å²) < 4.78 is 14.4. The number of carbonyl (C=O) groups excluding carboxylic acids is 3. The minimum absolute atomic E-state index is 0.153. The van der Waals surface area contributed by atoms with E-state index in [9.17, 15) is 14.4 Å². The third-order valence-electron chi connectivity index (χ3n) is 2.94. The van der Waals surface area contributed by atoms with Gasteiger partial charge in [0.15, 0.2) is 5.78 Å². The molecule has 1 aliphatic carbocycles. The number of allylic oxidation sites excluding steroid dienone is 2. The first-order chi connectivity index (χ1) is 11.9. The number of methoxy groups -OCH3 is 2. The van der Waals surface area contributed by atoms with Crippen LogP contribution in [0.15, 0.2) is 48.2 Å². The number of benzene rings is 1. The van der Waals surface area contributed by atoms with Crippen LogP contribution in [-0.2, 0) is 19.1 Å². The van der Waals surface area contributed by atoms with E-state index in [1.165, 1.54) is 38.3 Å². The maximum Gasteiger partial charge on any atom is 0.308 e. The molecule has 0 spiro atoms. The second kappa shape index (κ2) is 10.2. The summed E-state index contributed by atoms with van der Waals surface area (Å²) in [6.45, 7) is 1.25. The molecule has 1 N–H and O–H groups in total. The van der Waals surface area contributed by atoms with E-state index in [0.29, 0.717) is 5.70 Å². The normalized spacial score (nSPS) is 15.6. The van der Waals surface area contributed by atoms with Crippen molar-refractivity contribution in [1.29, 1.82) is 0 Å². The molecule has 1 aromatic rings. The van der Waals surface area contributed by atoms with Crippen molar-refractivity contribution in [2.75, 3.05) is 21.3 Å². The summed E-state index contributed by atoms with van der Waals surface area (Å²) in [5, 5.41) is 2.61. The molecule has 1 unspecified atom stereocenters. The van der Waals surface area contributed by atoms with Crippen molar-refractivity contribution in [2.45, 2.75) is 13.0 Å². The zero-order chi connectivity index (χ0) is 18.8. The monoisotopic (exact) mass is 347 g/mol. The molecule has 7 nitrogen and oxygen atoms in total. The predicted octanol–water partition coefficient (Wildman–Crippen LogP) is 1.64. The number of ether oxygens (including phenoxy) is 3. The summed E-state index contributed by atoms with van der Waals surface area (Å²) in [6.07, 6.45) is 3.70. The number of hydrogen-bond acceptors (Lipinski definition) is 6. The van der Waals surface area contributed by atoms with Gasteiger partial charge < -0.3 is 19.5 Å². The van der Waals surface area contributed by atoms with Crippen molar-refractivity contribution in [2.24, 2.45) is 0 Å². The SMILES string of the molecule is COC.COC1C=CC(=O)C=C1NC(=O)c1ccccc1OC(C)=O. The fourth-order valence-corrected chi connectivity index (χ4v) is 1.98. The number of esters is 1. The van der Waals surface area contributed by atoms with E-state index >= 15 is 0 Å². The van der Waals surface area contributed by atoms with E-state index in [0.717, 1.165) is 0 Å². The third-order valence-corrected chi connectivity index (χ3v) is 2.94. The Morgan fingerprint density at radius 2 is 1.76 bits per heavy atom. The Bertz CT molecular complexity index is 693. The average Bonchev–Trinajstić information content (AvgIpc) is 2.55. The van der Waals surface area contributed by atoms with Gasteiger partial charge in [0.1, 0.15) is 11.9 Å². The first-order valence-corrected chi connectivity index (χ1v) is 7.38. The van der Waals surface area contributed by atoms with Crippen molar-refractivity contribution in [3.05, 3.63) is 53.8 Å². The Balaban J connectivity index is 0.000000970. The molecule has 25 heavy (non-hydrogen) atoms. The standard InChI is InChI=1S/C16H15NO5.C2H6O/c1-10(18)22-14-6-4-3-5-12(14)16(20)17-13-9-11(19)7-8-15(13)21-2;1-3-2/h3-9,15H,1-2H3,(H,17,20);1-2H3. The van der Waals surface area contributed by atoms with E-state index in [4.69, 9.17) is 9.47 Å². The molecule has 1 aliphatic rings. The van der Waals surface area contributed by atoms with Gasteiger partial charge in [-0.25, -0.2) is 0 Å². The summed E-state index contributed by atoms with van der Waals surface area (Å²) >= 11 is 0. The van der Waals surface area contributed by atoms with Gasteiger partial charge in [0, 0.05) is 34.3 Å². The van der Waals surface area contributed by atoms with E-state index in [1.54, 1.807) is 32.4 Å². The lowest BCUT2D eigenvalue weighted by Crippen LogP contribution is -2.32. The summed E-state index contributed by atoms with van der Waals surface area (Å²) in [6, 6.07) is 6.34. The van der Waals surface area contributed by atoms with Crippen LogP contribution in [0, 0.1) is 0 Å². The Hall–Kier alpha value is -2.77. The third kappa shape index (κ3) is 6.33. The molecule has 0 fully saturated rings. The lowest BCUT2D eigenvalue weighted by atomic mass is 10.1. The van der Waals surface area contributed by atoms with Crippen molar-refractivity contribution < 1.29 is 28.6 Å². The van der Waals surface area contributed by atoms with Crippen LogP contribution in [0.2, 0.25) is 0 Å². The van der Waals surface area contributed by atoms with Crippen molar-refractivity contribution in [3.8, 4) is 5.75 Å². The number of rotatable bonds is 4. The summed E-state index contributed by atoms with van der Waals surface area (Å²) in [5.74, 6) is -1.10. The number of para-hydroxylation sites is 1. The highest BCUT2D eigenvalue weighted by Gasteiger charge is 2.21. The fraction of sp³-hybridized carbons (Fsp3) is 0.278. The van der Waals surface area contributed by atoms with Crippen LogP contribution in [0.25, 0.3) is 0 Å². The minimum Gasteiger partial charge on any atom is -0.426 e. The van der Waals surface area contributed by atoms with Crippen LogP contribution in [-0.4, -0.2) is 45.1 Å². The molecule has 7 heteroatoms. The average molecular weight is 347 g/mol. The van der Waals surface area contributed by atoms with Gasteiger partial charge in [0.25, 0.3) is 5.91 Å². The Morgan fingerprint density at radius 1 is 1.12 bits per heavy atom. The van der Waals surface area contributed by atoms with Gasteiger partial charge in [-0.1, -0.05) is 12.1 Å². The van der Waals surface area contributed by atoms with Gasteiger partial charge in [0.05, 0.1) is 11.3 Å². The lowest BCUT2D eigenvalue weighted by Gasteiger charge is -2.19. The van der Waals surface area contributed by atoms with E-state index in [1.807, 2.05) is 0 Å². The van der Waals surface area contributed by atoms with Gasteiger partial charge in [-0.05, 0) is 24.3 Å². The van der Waals surface area contributed by atoms with Crippen LogP contribution >= 0.6 is 0 Å². The molecular formula is C18H21NO6. The molecule has 0 bridgehead atoms. The van der Waals surface area contributed by atoms with Gasteiger partial charge in [-0.15, -0.1) is 0 Å². The van der Waals surface area contributed by atoms with E-state index in [2.05, 4.69) is 10.1 Å². The van der Waals surface area contributed by atoms with E-state index in [-0.39, 0.29) is 17.1 Å². The molecule has 0 aromatic heterocycles. The van der Waals surface area contributed by atoms with Gasteiger partial charge in [-0.2, -0.15) is 0 Å². The highest BCUT2D eigenvalue weighted by Crippen LogP contribution is 2.19. The summed E-state index contributed by atoms with van der Waals surface area (Å²) in [5.41, 5.74) is 0.521. The van der Waals surface area contributed by atoms with Crippen LogP contribution in [0.4, 0.5) is 0 Å². The summed E-state index contributed by atoms with van der Waals surface area (Å²) in [4.78, 5) is 34.9. The van der Waals surface area contributed by atoms with Crippen LogP contribution in [0.3, 0.4) is 0 Å². The Labute approximate surface area is 146 Å². The lowest BCUT2D eigenvalue weighted by molar-refractivity contribution is -0.131. The zero-order valence-electron chi connectivity index (χ0n) is 14.6. The van der Waals surface area contributed by atoms with Crippen LogP contribution < -0.4 is 10.1 Å². The highest BCUT2D eigenvalue weighted by molar-refractivity contribution is 6.03. The molecule has 0 radical (unpaired) electrons. The second-order valence-electron chi connectivity index (χ2n) is 4.97. The molecule has 0 saturated heterocycles. The van der Waals surface area contributed by atoms with Crippen molar-refractivity contribution in [3.63, 3.8) is 0 Å². The Kier molecular flexibility index (Phi) is 8.25. The Morgan fingerprint density at radius 3 is 2.36 bits per heavy atom. The smallest absolute Gasteiger partial charge is 0.308 e. The molecule has 0 heterocycles. The molecule has 1 amide bonds. The minimum atomic E-state index is -0.523. The van der Waals surface area contributed by atoms with Gasteiger partial charge in [-0.3, -0.25) is 14.4 Å². The fourth-order valence-electron chi connectivity index (χ4n) is 1.98. The number of nitrogens with one attached hydrogen (secondary N) is 1. The highest BCUT2D eigenvalue weighted by atomic mass is 16.5. The zero-order valence-corrected chi connectivity index (χ0v) is 14.6. The number of carbonyl (C=O) groups is 3. The maximum absolute atomic E-state index is 12.3. The molecule has 0 aliphatic heterocycles. The largest absolute Gasteiger partial charge is 0.426 e. The van der Waals surface area contributed by atoms with Gasteiger partial charge in [0.2, 0.25) is 0 Å². The van der Waals surface area contributed by atoms with Crippen molar-refractivity contribution in [1.82, 2.24) is 5.32 Å². The van der Waals surface area contributed by atoms with Crippen LogP contribution in [0.1, 0.15) is 17.3 Å². The topological polar surface area (TPSA) is 90.9 Å². The second-order valence-corrected chi connectivity index (χ2v) is 4.97. The van der Waals surface area contributed by atoms with Crippen LogP contribution in [0.5, 0.6) is 5.75 Å². The molecular weight excluding hydrogens is 326 g/mol. The number of amides is 1. The van der Waals surface area contributed by atoms with Gasteiger partial charge >= 0.3 is 5.97 Å². The first-order valence-electron chi connectivity index (χ1n) is 7.38. The molecule has 1 atom stereocenters. The number of ketones is 1. The molecule has 2 rings (SSSR count). The van der Waals surface area contributed by atoms with Crippen molar-refractivity contribution >= 4 is 17.7 Å². The maximum atomic E-state index is 12.3. The molecule has 1 aromatic carbocycles. The molecule has 134 valence electrons. The molecule has 0 saturated carbocycles. The first kappa shape index (κ1) is 20.3.